The summed E-state index contributed by atoms with van der Waals surface area (Å²) >= 11 is 1.74. The predicted molar refractivity (Wildman–Crippen MR) is 77.2 cm³/mol. The molecule has 0 amide bonds. The maximum Gasteiger partial charge on any atom is 0.202 e. The number of guanidine groups is 2. The number of thiophene rings is 1. The SMILES string of the molecule is CN=C1NC(N(C)CCc2ccsc2)=NC(C)N1. The lowest BCUT2D eigenvalue weighted by Gasteiger charge is -2.28. The van der Waals surface area contributed by atoms with Gasteiger partial charge < -0.3 is 10.2 Å². The normalized spacial score (nSPS) is 21.2. The summed E-state index contributed by atoms with van der Waals surface area (Å²) in [5, 5.41) is 10.6. The van der Waals surface area contributed by atoms with Gasteiger partial charge in [0.15, 0.2) is 5.96 Å². The minimum absolute atomic E-state index is 0.0588. The van der Waals surface area contributed by atoms with E-state index in [0.717, 1.165) is 24.9 Å². The minimum Gasteiger partial charge on any atom is -0.345 e. The van der Waals surface area contributed by atoms with Gasteiger partial charge in [0.2, 0.25) is 5.96 Å². The average molecular weight is 265 g/mol. The van der Waals surface area contributed by atoms with Crippen LogP contribution >= 0.6 is 11.3 Å². The van der Waals surface area contributed by atoms with Gasteiger partial charge in [0.05, 0.1) is 0 Å². The van der Waals surface area contributed by atoms with Gasteiger partial charge in [-0.15, -0.1) is 0 Å². The van der Waals surface area contributed by atoms with E-state index in [1.165, 1.54) is 5.56 Å². The van der Waals surface area contributed by atoms with Gasteiger partial charge >= 0.3 is 0 Å². The molecule has 0 saturated heterocycles. The zero-order chi connectivity index (χ0) is 13.0. The van der Waals surface area contributed by atoms with E-state index < -0.39 is 0 Å². The van der Waals surface area contributed by atoms with Crippen LogP contribution in [0.4, 0.5) is 0 Å². The van der Waals surface area contributed by atoms with E-state index in [1.54, 1.807) is 18.4 Å². The Morgan fingerprint density at radius 3 is 3.06 bits per heavy atom. The second-order valence-electron chi connectivity index (χ2n) is 4.27. The first-order chi connectivity index (χ1) is 8.69. The number of nitrogens with one attached hydrogen (secondary N) is 2. The minimum atomic E-state index is 0.0588. The van der Waals surface area contributed by atoms with Crippen molar-refractivity contribution in [2.24, 2.45) is 9.98 Å². The van der Waals surface area contributed by atoms with E-state index in [2.05, 4.69) is 42.3 Å². The molecule has 98 valence electrons. The molecular formula is C12H19N5S. The molecule has 2 N–H and O–H groups in total. The molecule has 0 aliphatic carbocycles. The third-order valence-electron chi connectivity index (χ3n) is 2.79. The monoisotopic (exact) mass is 265 g/mol. The molecule has 1 atom stereocenters. The number of hydrogen-bond donors (Lipinski definition) is 2. The molecule has 0 spiro atoms. The van der Waals surface area contributed by atoms with Crippen molar-refractivity contribution < 1.29 is 0 Å². The van der Waals surface area contributed by atoms with Gasteiger partial charge in [0.1, 0.15) is 6.17 Å². The van der Waals surface area contributed by atoms with Crippen LogP contribution in [0, 0.1) is 0 Å². The van der Waals surface area contributed by atoms with Crippen molar-refractivity contribution in [1.29, 1.82) is 0 Å². The second-order valence-corrected chi connectivity index (χ2v) is 5.05. The molecule has 1 aromatic heterocycles. The summed E-state index contributed by atoms with van der Waals surface area (Å²) in [6, 6.07) is 2.16. The summed E-state index contributed by atoms with van der Waals surface area (Å²) in [5.41, 5.74) is 1.37. The van der Waals surface area contributed by atoms with Crippen molar-refractivity contribution in [3.8, 4) is 0 Å². The van der Waals surface area contributed by atoms with E-state index in [9.17, 15) is 0 Å². The highest BCUT2D eigenvalue weighted by Gasteiger charge is 2.16. The maximum absolute atomic E-state index is 4.52. The van der Waals surface area contributed by atoms with Crippen molar-refractivity contribution in [3.63, 3.8) is 0 Å². The first kappa shape index (κ1) is 12.9. The van der Waals surface area contributed by atoms with Crippen LogP contribution < -0.4 is 10.6 Å². The van der Waals surface area contributed by atoms with Crippen molar-refractivity contribution >= 4 is 23.3 Å². The van der Waals surface area contributed by atoms with Crippen LogP contribution in [0.3, 0.4) is 0 Å². The Bertz CT molecular complexity index is 437. The predicted octanol–water partition coefficient (Wildman–Crippen LogP) is 1.10. The van der Waals surface area contributed by atoms with Gasteiger partial charge in [-0.05, 0) is 35.7 Å². The number of rotatable bonds is 3. The quantitative estimate of drug-likeness (QED) is 0.860. The van der Waals surface area contributed by atoms with Crippen molar-refractivity contribution in [1.82, 2.24) is 15.5 Å². The van der Waals surface area contributed by atoms with Crippen LogP contribution in [0.1, 0.15) is 12.5 Å². The molecule has 0 bridgehead atoms. The van der Waals surface area contributed by atoms with Crippen LogP contribution in [-0.2, 0) is 6.42 Å². The Morgan fingerprint density at radius 1 is 1.56 bits per heavy atom. The van der Waals surface area contributed by atoms with Gasteiger partial charge in [0.25, 0.3) is 0 Å². The molecule has 2 rings (SSSR count). The lowest BCUT2D eigenvalue weighted by molar-refractivity contribution is 0.479. The van der Waals surface area contributed by atoms with Gasteiger partial charge in [-0.25, -0.2) is 4.99 Å². The third kappa shape index (κ3) is 3.22. The molecule has 18 heavy (non-hydrogen) atoms. The van der Waals surface area contributed by atoms with Crippen LogP contribution in [0.2, 0.25) is 0 Å². The molecule has 6 heteroatoms. The summed E-state index contributed by atoms with van der Waals surface area (Å²) in [6.07, 6.45) is 1.09. The summed E-state index contributed by atoms with van der Waals surface area (Å²) in [6.45, 7) is 2.95. The summed E-state index contributed by atoms with van der Waals surface area (Å²) in [7, 11) is 3.81. The summed E-state index contributed by atoms with van der Waals surface area (Å²) in [4.78, 5) is 10.8. The summed E-state index contributed by atoms with van der Waals surface area (Å²) < 4.78 is 0. The van der Waals surface area contributed by atoms with E-state index in [1.807, 2.05) is 14.0 Å². The fourth-order valence-corrected chi connectivity index (χ4v) is 2.44. The van der Waals surface area contributed by atoms with E-state index in [-0.39, 0.29) is 6.17 Å². The molecule has 1 aliphatic rings. The zero-order valence-corrected chi connectivity index (χ0v) is 11.8. The van der Waals surface area contributed by atoms with Crippen molar-refractivity contribution in [3.05, 3.63) is 22.4 Å². The van der Waals surface area contributed by atoms with Gasteiger partial charge in [-0.1, -0.05) is 0 Å². The standard InChI is InChI=1S/C12H19N5S/c1-9-14-11(13-2)16-12(15-9)17(3)6-4-10-5-7-18-8-10/h5,7-9H,4,6H2,1-3H3,(H2,13,14,15,16). The molecule has 1 unspecified atom stereocenters. The Balaban J connectivity index is 1.94. The number of likely N-dealkylation sites (N-methyl/N-ethyl adjacent to an activating group) is 1. The zero-order valence-electron chi connectivity index (χ0n) is 11.0. The second kappa shape index (κ2) is 5.86. The number of hydrogen-bond acceptors (Lipinski definition) is 4. The van der Waals surface area contributed by atoms with E-state index >= 15 is 0 Å². The Hall–Kier alpha value is -1.56. The molecule has 0 fully saturated rings. The smallest absolute Gasteiger partial charge is 0.202 e. The summed E-state index contributed by atoms with van der Waals surface area (Å²) in [5.74, 6) is 1.65. The maximum atomic E-state index is 4.52. The van der Waals surface area contributed by atoms with E-state index in [0.29, 0.717) is 0 Å². The van der Waals surface area contributed by atoms with E-state index in [4.69, 9.17) is 0 Å². The Kier molecular flexibility index (Phi) is 4.19. The molecule has 1 aromatic rings. The highest BCUT2D eigenvalue weighted by Crippen LogP contribution is 2.07. The highest BCUT2D eigenvalue weighted by atomic mass is 32.1. The third-order valence-corrected chi connectivity index (χ3v) is 3.52. The first-order valence-corrected chi connectivity index (χ1v) is 6.93. The molecule has 5 nitrogen and oxygen atoms in total. The van der Waals surface area contributed by atoms with Crippen molar-refractivity contribution in [2.45, 2.75) is 19.5 Å². The fraction of sp³-hybridized carbons (Fsp3) is 0.500. The molecule has 0 radical (unpaired) electrons. The molecule has 0 saturated carbocycles. The topological polar surface area (TPSA) is 52.0 Å². The van der Waals surface area contributed by atoms with Crippen molar-refractivity contribution in [2.75, 3.05) is 20.6 Å². The van der Waals surface area contributed by atoms with Crippen LogP contribution in [0.25, 0.3) is 0 Å². The molecule has 1 aliphatic heterocycles. The molecular weight excluding hydrogens is 246 g/mol. The highest BCUT2D eigenvalue weighted by molar-refractivity contribution is 7.07. The number of aliphatic imine (C=N–C) groups is 2. The van der Waals surface area contributed by atoms with Crippen LogP contribution in [-0.4, -0.2) is 43.6 Å². The Morgan fingerprint density at radius 2 is 2.39 bits per heavy atom. The first-order valence-electron chi connectivity index (χ1n) is 5.99. The molecule has 2 heterocycles. The van der Waals surface area contributed by atoms with Crippen LogP contribution in [0.5, 0.6) is 0 Å². The lowest BCUT2D eigenvalue weighted by Crippen LogP contribution is -2.54. The fourth-order valence-electron chi connectivity index (χ4n) is 1.74. The van der Waals surface area contributed by atoms with Crippen LogP contribution in [0.15, 0.2) is 26.8 Å². The van der Waals surface area contributed by atoms with Gasteiger partial charge in [0, 0.05) is 20.6 Å². The van der Waals surface area contributed by atoms with Gasteiger partial charge in [-0.2, -0.15) is 11.3 Å². The number of nitrogens with zero attached hydrogens (tertiary/aromatic N) is 3. The largest absolute Gasteiger partial charge is 0.345 e. The van der Waals surface area contributed by atoms with Gasteiger partial charge in [-0.3, -0.25) is 10.3 Å². The average Bonchev–Trinajstić information content (AvgIpc) is 2.88. The Labute approximate surface area is 112 Å². The molecule has 0 aromatic carbocycles. The lowest BCUT2D eigenvalue weighted by atomic mass is 10.2.